The maximum absolute atomic E-state index is 13.4. The lowest BCUT2D eigenvalue weighted by Gasteiger charge is -2.43. The summed E-state index contributed by atoms with van der Waals surface area (Å²) in [7, 11) is 0. The van der Waals surface area contributed by atoms with Gasteiger partial charge in [0.1, 0.15) is 18.2 Å². The number of anilines is 1. The fourth-order valence-electron chi connectivity index (χ4n) is 8.95. The Balaban J connectivity index is 0.897. The predicted octanol–water partition coefficient (Wildman–Crippen LogP) is 4.16. The van der Waals surface area contributed by atoms with E-state index in [1.54, 1.807) is 6.07 Å². The molecule has 0 bridgehead atoms. The van der Waals surface area contributed by atoms with E-state index in [-0.39, 0.29) is 84.3 Å². The molecule has 2 aromatic carbocycles. The van der Waals surface area contributed by atoms with E-state index in [4.69, 9.17) is 9.47 Å². The van der Waals surface area contributed by atoms with Gasteiger partial charge < -0.3 is 25.2 Å². The number of carbonyl (C=O) groups excluding carboxylic acids is 7. The first kappa shape index (κ1) is 39.6. The number of amides is 6. The molecule has 8 atom stereocenters. The van der Waals surface area contributed by atoms with E-state index in [9.17, 15) is 38.7 Å². The molecule has 0 saturated carbocycles. The van der Waals surface area contributed by atoms with E-state index < -0.39 is 47.8 Å². The second-order valence-electron chi connectivity index (χ2n) is 15.9. The fourth-order valence-corrected chi connectivity index (χ4v) is 8.95. The van der Waals surface area contributed by atoms with E-state index in [0.717, 1.165) is 22.5 Å². The van der Waals surface area contributed by atoms with Gasteiger partial charge in [-0.05, 0) is 78.7 Å². The van der Waals surface area contributed by atoms with Crippen LogP contribution in [0.1, 0.15) is 90.6 Å². The smallest absolute Gasteiger partial charge is 0.407 e. The van der Waals surface area contributed by atoms with Gasteiger partial charge in [0.2, 0.25) is 17.7 Å². The van der Waals surface area contributed by atoms with Crippen molar-refractivity contribution >= 4 is 47.3 Å². The third-order valence-corrected chi connectivity index (χ3v) is 11.7. The van der Waals surface area contributed by atoms with E-state index in [1.165, 1.54) is 12.1 Å². The fraction of sp³-hybridized carbons (Fsp3) is 0.465. The number of allylic oxidation sites excluding steroid dienone is 3. The normalized spacial score (nSPS) is 28.2. The minimum Gasteiger partial charge on any atom is -0.462 e. The number of cyclic esters (lactones) is 1. The molecule has 7 rings (SSSR count). The van der Waals surface area contributed by atoms with Gasteiger partial charge in [0.15, 0.2) is 0 Å². The first-order chi connectivity index (χ1) is 27.3. The van der Waals surface area contributed by atoms with Crippen molar-refractivity contribution in [1.29, 1.82) is 0 Å². The number of carbonyl (C=O) groups is 7. The van der Waals surface area contributed by atoms with Crippen molar-refractivity contribution in [3.63, 3.8) is 0 Å². The monoisotopic (exact) mass is 780 g/mol. The Labute approximate surface area is 330 Å². The number of hydrogen-bond donors (Lipinski definition) is 4. The summed E-state index contributed by atoms with van der Waals surface area (Å²) in [5, 5.41) is 17.9. The lowest BCUT2D eigenvalue weighted by Crippen LogP contribution is -2.54. The lowest BCUT2D eigenvalue weighted by atomic mass is 9.65. The second kappa shape index (κ2) is 16.8. The number of fused-ring (bicyclic) bond motifs is 2. The highest BCUT2D eigenvalue weighted by atomic mass is 16.6. The number of imide groups is 2. The summed E-state index contributed by atoms with van der Waals surface area (Å²) in [4.78, 5) is 89.6. The number of aliphatic hydroxyl groups is 1. The number of benzene rings is 2. The third kappa shape index (κ3) is 8.85. The van der Waals surface area contributed by atoms with Crippen molar-refractivity contribution in [1.82, 2.24) is 15.5 Å². The van der Waals surface area contributed by atoms with Crippen LogP contribution in [-0.4, -0.2) is 82.5 Å². The molecule has 0 spiro atoms. The van der Waals surface area contributed by atoms with Crippen molar-refractivity contribution in [2.24, 2.45) is 23.7 Å². The van der Waals surface area contributed by atoms with Gasteiger partial charge in [-0.15, -0.1) is 0 Å². The molecule has 0 radical (unpaired) electrons. The van der Waals surface area contributed by atoms with Gasteiger partial charge in [-0.2, -0.15) is 0 Å². The number of esters is 1. The van der Waals surface area contributed by atoms with Gasteiger partial charge in [0, 0.05) is 25.3 Å². The average molecular weight is 781 g/mol. The zero-order valence-corrected chi connectivity index (χ0v) is 32.0. The van der Waals surface area contributed by atoms with Crippen LogP contribution >= 0.6 is 0 Å². The maximum Gasteiger partial charge on any atom is 0.407 e. The zero-order chi connectivity index (χ0) is 40.4. The number of rotatable bonds is 11. The van der Waals surface area contributed by atoms with Crippen LogP contribution in [0.3, 0.4) is 0 Å². The minimum absolute atomic E-state index is 0.00450. The first-order valence-corrected chi connectivity index (χ1v) is 19.8. The standard InChI is InChI=1S/C43H48N4O10/c1-23-18-27-11-6-24(2)30(13-12-29-21-28(48)22-37(51)56-29)38(27)34(19-23)57-43(55)44-17-16-25-7-9-26(10-8-25)20-36(50)45-32-5-3-4-31-39(32)42(54)47(41(31)53)33-14-15-35(49)46-40(33)52/h3-11,18,23-24,28-30,33-34,38,48H,12-17,19-22H2,1-2H3,(H,44,55)(H,45,50)(H,46,49,52)/t23-,24-,28+,29+,30-,33?,34-,38-/m0/s1. The topological polar surface area (TPSA) is 198 Å². The van der Waals surface area contributed by atoms with Crippen LogP contribution in [-0.2, 0) is 41.5 Å². The second-order valence-corrected chi connectivity index (χ2v) is 15.9. The molecule has 1 unspecified atom stereocenters. The lowest BCUT2D eigenvalue weighted by molar-refractivity contribution is -0.160. The molecule has 2 fully saturated rings. The molecule has 6 amide bonds. The molecule has 300 valence electrons. The van der Waals surface area contributed by atoms with Gasteiger partial charge in [0.05, 0.1) is 35.8 Å². The minimum atomic E-state index is -1.11. The van der Waals surface area contributed by atoms with Crippen LogP contribution in [0.2, 0.25) is 0 Å². The van der Waals surface area contributed by atoms with Crippen molar-refractivity contribution in [2.45, 2.75) is 96.0 Å². The number of hydrogen-bond acceptors (Lipinski definition) is 10. The van der Waals surface area contributed by atoms with Gasteiger partial charge in [-0.25, -0.2) is 4.79 Å². The summed E-state index contributed by atoms with van der Waals surface area (Å²) in [6.07, 6.45) is 7.93. The van der Waals surface area contributed by atoms with Crippen LogP contribution in [0.4, 0.5) is 10.5 Å². The maximum atomic E-state index is 13.4. The summed E-state index contributed by atoms with van der Waals surface area (Å²) < 4.78 is 11.6. The van der Waals surface area contributed by atoms with Crippen LogP contribution in [0.25, 0.3) is 0 Å². The molecular weight excluding hydrogens is 732 g/mol. The molecule has 14 heteroatoms. The first-order valence-electron chi connectivity index (χ1n) is 19.8. The van der Waals surface area contributed by atoms with Gasteiger partial charge in [-0.1, -0.05) is 62.4 Å². The van der Waals surface area contributed by atoms with Gasteiger partial charge in [-0.3, -0.25) is 39.0 Å². The summed E-state index contributed by atoms with van der Waals surface area (Å²) in [6, 6.07) is 10.8. The molecule has 57 heavy (non-hydrogen) atoms. The summed E-state index contributed by atoms with van der Waals surface area (Å²) >= 11 is 0. The highest BCUT2D eigenvalue weighted by molar-refractivity contribution is 6.26. The number of nitrogens with one attached hydrogen (secondary N) is 3. The summed E-state index contributed by atoms with van der Waals surface area (Å²) in [5.74, 6) is -2.64. The SMILES string of the molecule is C[C@H]1C=C2C=C[C@H](C)[C@H](CC[C@@H]3C[C@@H](O)CC(=O)O3)[C@H]2[C@@H](OC(=O)NCCc2ccc(CC(=O)Nc3cccc4c3C(=O)N(C3CCC(=O)NC3=O)C4=O)cc2)C1. The highest BCUT2D eigenvalue weighted by Gasteiger charge is 2.46. The number of nitrogens with zero attached hydrogens (tertiary/aromatic N) is 1. The van der Waals surface area contributed by atoms with E-state index in [0.29, 0.717) is 37.8 Å². The average Bonchev–Trinajstić information content (AvgIpc) is 3.41. The summed E-state index contributed by atoms with van der Waals surface area (Å²) in [6.45, 7) is 4.61. The van der Waals surface area contributed by atoms with Crippen molar-refractivity contribution in [3.05, 3.63) is 88.5 Å². The van der Waals surface area contributed by atoms with Crippen molar-refractivity contribution < 1.29 is 48.1 Å². The highest BCUT2D eigenvalue weighted by Crippen LogP contribution is 2.45. The van der Waals surface area contributed by atoms with Crippen LogP contribution in [0.15, 0.2) is 66.3 Å². The molecular formula is C43H48N4O10. The zero-order valence-electron chi connectivity index (χ0n) is 32.0. The number of ether oxygens (including phenoxy) is 2. The quantitative estimate of drug-likeness (QED) is 0.190. The van der Waals surface area contributed by atoms with Gasteiger partial charge >= 0.3 is 12.1 Å². The Bertz CT molecular complexity index is 2030. The van der Waals surface area contributed by atoms with Crippen LogP contribution < -0.4 is 16.0 Å². The Hall–Kier alpha value is -5.63. The van der Waals surface area contributed by atoms with Crippen LogP contribution in [0.5, 0.6) is 0 Å². The molecule has 2 aliphatic carbocycles. The molecule has 0 aromatic heterocycles. The number of aliphatic hydroxyl groups excluding tert-OH is 1. The third-order valence-electron chi connectivity index (χ3n) is 11.7. The van der Waals surface area contributed by atoms with Crippen LogP contribution in [0, 0.1) is 23.7 Å². The Kier molecular flexibility index (Phi) is 11.7. The number of alkyl carbamates (subject to hydrolysis) is 1. The van der Waals surface area contributed by atoms with Gasteiger partial charge in [0.25, 0.3) is 11.8 Å². The molecule has 5 aliphatic rings. The van der Waals surface area contributed by atoms with E-state index in [1.807, 2.05) is 24.3 Å². The number of piperidine rings is 1. The molecule has 2 saturated heterocycles. The summed E-state index contributed by atoms with van der Waals surface area (Å²) in [5.41, 5.74) is 3.05. The van der Waals surface area contributed by atoms with Crippen molar-refractivity contribution in [2.75, 3.05) is 11.9 Å². The van der Waals surface area contributed by atoms with E-state index >= 15 is 0 Å². The predicted molar refractivity (Wildman–Crippen MR) is 205 cm³/mol. The Morgan fingerprint density at radius 1 is 0.982 bits per heavy atom. The molecule has 4 N–H and O–H groups in total. The van der Waals surface area contributed by atoms with Crippen molar-refractivity contribution in [3.8, 4) is 0 Å². The molecule has 3 heterocycles. The molecule has 14 nitrogen and oxygen atoms in total. The molecule has 2 aromatic rings. The Morgan fingerprint density at radius 3 is 2.51 bits per heavy atom. The largest absolute Gasteiger partial charge is 0.462 e. The molecule has 3 aliphatic heterocycles. The van der Waals surface area contributed by atoms with E-state index in [2.05, 4.69) is 48.0 Å². The Morgan fingerprint density at radius 2 is 1.75 bits per heavy atom.